The van der Waals surface area contributed by atoms with Gasteiger partial charge in [-0.1, -0.05) is 24.3 Å². The van der Waals surface area contributed by atoms with Gasteiger partial charge in [-0.3, -0.25) is 0 Å². The molecule has 0 atom stereocenters. The van der Waals surface area contributed by atoms with E-state index in [4.69, 9.17) is 10.1 Å². The molecule has 3 aromatic rings. The summed E-state index contributed by atoms with van der Waals surface area (Å²) in [6, 6.07) is 8.53. The minimum Gasteiger partial charge on any atom is -0.250 e. The Labute approximate surface area is 146 Å². The van der Waals surface area contributed by atoms with Crippen molar-refractivity contribution < 1.29 is 0 Å². The molecule has 0 amide bonds. The third-order valence-corrected chi connectivity index (χ3v) is 5.70. The molecule has 5 heteroatoms. The summed E-state index contributed by atoms with van der Waals surface area (Å²) in [6.07, 6.45) is 4.39. The van der Waals surface area contributed by atoms with Crippen LogP contribution in [0.2, 0.25) is 0 Å². The molecule has 0 unspecified atom stereocenters. The van der Waals surface area contributed by atoms with Crippen molar-refractivity contribution in [1.82, 2.24) is 19.7 Å². The number of aromatic nitrogens is 4. The smallest absolute Gasteiger partial charge is 0.154 e. The fourth-order valence-electron chi connectivity index (χ4n) is 2.96. The molecule has 2 aromatic heterocycles. The maximum atomic E-state index is 4.86. The monoisotopic (exact) mass is 338 g/mol. The zero-order valence-corrected chi connectivity index (χ0v) is 15.0. The van der Waals surface area contributed by atoms with Crippen LogP contribution in [-0.2, 0) is 19.4 Å². The van der Waals surface area contributed by atoms with Gasteiger partial charge in [0.2, 0.25) is 0 Å². The Morgan fingerprint density at radius 3 is 2.71 bits per heavy atom. The molecule has 0 saturated heterocycles. The Balaban J connectivity index is 1.58. The first-order valence-corrected chi connectivity index (χ1v) is 9.46. The van der Waals surface area contributed by atoms with Gasteiger partial charge in [0.1, 0.15) is 5.82 Å². The molecular weight excluding hydrogens is 316 g/mol. The van der Waals surface area contributed by atoms with Crippen LogP contribution < -0.4 is 0 Å². The van der Waals surface area contributed by atoms with Crippen LogP contribution in [0.5, 0.6) is 0 Å². The zero-order valence-electron chi connectivity index (χ0n) is 14.2. The summed E-state index contributed by atoms with van der Waals surface area (Å²) in [6.45, 7) is 5.05. The summed E-state index contributed by atoms with van der Waals surface area (Å²) in [5.74, 6) is 2.74. The molecule has 124 valence electrons. The van der Waals surface area contributed by atoms with Crippen LogP contribution in [0.4, 0.5) is 0 Å². The third kappa shape index (κ3) is 3.26. The number of rotatable bonds is 6. The van der Waals surface area contributed by atoms with Crippen LogP contribution in [0, 0.1) is 13.8 Å². The summed E-state index contributed by atoms with van der Waals surface area (Å²) in [4.78, 5) is 10.6. The summed E-state index contributed by atoms with van der Waals surface area (Å²) < 4.78 is 2.12. The summed E-state index contributed by atoms with van der Waals surface area (Å²) >= 11 is 1.74. The molecule has 1 fully saturated rings. The van der Waals surface area contributed by atoms with Crippen molar-refractivity contribution in [2.75, 3.05) is 0 Å². The van der Waals surface area contributed by atoms with Gasteiger partial charge in [-0.2, -0.15) is 5.10 Å². The molecular formula is C19H22N4S. The van der Waals surface area contributed by atoms with Crippen molar-refractivity contribution in [3.05, 3.63) is 63.1 Å². The second-order valence-corrected chi connectivity index (χ2v) is 7.54. The van der Waals surface area contributed by atoms with E-state index in [0.717, 1.165) is 36.7 Å². The molecule has 24 heavy (non-hydrogen) atoms. The predicted molar refractivity (Wildman–Crippen MR) is 96.5 cm³/mol. The van der Waals surface area contributed by atoms with Gasteiger partial charge in [0, 0.05) is 17.2 Å². The molecule has 2 heterocycles. The SMILES string of the molecule is Cc1ccccc1Cn1nc(C2CC2)nc1CCc1scnc1C. The van der Waals surface area contributed by atoms with Crippen molar-refractivity contribution >= 4 is 11.3 Å². The fraction of sp³-hybridized carbons (Fsp3) is 0.421. The number of hydrogen-bond donors (Lipinski definition) is 0. The van der Waals surface area contributed by atoms with Gasteiger partial charge in [-0.15, -0.1) is 11.3 Å². The minimum absolute atomic E-state index is 0.590. The summed E-state index contributed by atoms with van der Waals surface area (Å²) in [7, 11) is 0. The molecule has 0 bridgehead atoms. The van der Waals surface area contributed by atoms with Gasteiger partial charge in [0.25, 0.3) is 0 Å². The highest BCUT2D eigenvalue weighted by Gasteiger charge is 2.29. The molecule has 1 saturated carbocycles. The van der Waals surface area contributed by atoms with Crippen LogP contribution in [0.1, 0.15) is 52.1 Å². The fourth-order valence-corrected chi connectivity index (χ4v) is 3.74. The maximum Gasteiger partial charge on any atom is 0.154 e. The van der Waals surface area contributed by atoms with Gasteiger partial charge in [-0.05, 0) is 44.2 Å². The van der Waals surface area contributed by atoms with E-state index in [1.54, 1.807) is 11.3 Å². The second-order valence-electron chi connectivity index (χ2n) is 6.61. The molecule has 4 nitrogen and oxygen atoms in total. The van der Waals surface area contributed by atoms with Crippen molar-refractivity contribution in [2.45, 2.75) is 52.0 Å². The van der Waals surface area contributed by atoms with Crippen molar-refractivity contribution in [3.8, 4) is 0 Å². The molecule has 4 rings (SSSR count). The molecule has 1 aliphatic rings. The average molecular weight is 338 g/mol. The normalized spacial score (nSPS) is 14.2. The zero-order chi connectivity index (χ0) is 16.5. The minimum atomic E-state index is 0.590. The summed E-state index contributed by atoms with van der Waals surface area (Å²) in [5, 5.41) is 4.82. The highest BCUT2D eigenvalue weighted by atomic mass is 32.1. The lowest BCUT2D eigenvalue weighted by molar-refractivity contribution is 0.626. The van der Waals surface area contributed by atoms with E-state index >= 15 is 0 Å². The molecule has 0 spiro atoms. The standard InChI is InChI=1S/C19H22N4S/c1-13-5-3-4-6-16(13)11-23-18(21-19(22-23)15-7-8-15)10-9-17-14(2)20-12-24-17/h3-6,12,15H,7-11H2,1-2H3. The van der Waals surface area contributed by atoms with Crippen molar-refractivity contribution in [1.29, 1.82) is 0 Å². The lowest BCUT2D eigenvalue weighted by atomic mass is 10.1. The number of hydrogen-bond acceptors (Lipinski definition) is 4. The van der Waals surface area contributed by atoms with Crippen LogP contribution in [0.3, 0.4) is 0 Å². The third-order valence-electron chi connectivity index (χ3n) is 4.71. The Hall–Kier alpha value is -2.01. The van der Waals surface area contributed by atoms with E-state index in [1.807, 2.05) is 5.51 Å². The van der Waals surface area contributed by atoms with Gasteiger partial charge in [0.05, 0.1) is 17.7 Å². The first kappa shape index (κ1) is 15.5. The maximum absolute atomic E-state index is 4.86. The summed E-state index contributed by atoms with van der Waals surface area (Å²) in [5.41, 5.74) is 5.70. The largest absolute Gasteiger partial charge is 0.250 e. The number of aryl methyl sites for hydroxylation is 4. The van der Waals surface area contributed by atoms with Gasteiger partial charge < -0.3 is 0 Å². The Kier molecular flexibility index (Phi) is 4.19. The van der Waals surface area contributed by atoms with Crippen LogP contribution in [-0.4, -0.2) is 19.7 Å². The first-order valence-electron chi connectivity index (χ1n) is 8.58. The van der Waals surface area contributed by atoms with Gasteiger partial charge >= 0.3 is 0 Å². The quantitative estimate of drug-likeness (QED) is 0.681. The van der Waals surface area contributed by atoms with Crippen LogP contribution in [0.15, 0.2) is 29.8 Å². The van der Waals surface area contributed by atoms with E-state index in [9.17, 15) is 0 Å². The van der Waals surface area contributed by atoms with Crippen molar-refractivity contribution in [3.63, 3.8) is 0 Å². The number of thiazole rings is 1. The highest BCUT2D eigenvalue weighted by Crippen LogP contribution is 2.38. The highest BCUT2D eigenvalue weighted by molar-refractivity contribution is 7.09. The number of benzene rings is 1. The van der Waals surface area contributed by atoms with E-state index in [1.165, 1.54) is 28.8 Å². The topological polar surface area (TPSA) is 43.6 Å². The number of nitrogens with zero attached hydrogens (tertiary/aromatic N) is 4. The van der Waals surface area contributed by atoms with E-state index in [2.05, 4.69) is 47.8 Å². The molecule has 0 N–H and O–H groups in total. The van der Waals surface area contributed by atoms with E-state index in [-0.39, 0.29) is 0 Å². The molecule has 1 aliphatic carbocycles. The Morgan fingerprint density at radius 2 is 2.00 bits per heavy atom. The van der Waals surface area contributed by atoms with Gasteiger partial charge in [-0.25, -0.2) is 14.6 Å². The predicted octanol–water partition coefficient (Wildman–Crippen LogP) is 4.06. The first-order chi connectivity index (χ1) is 11.7. The molecule has 0 radical (unpaired) electrons. The van der Waals surface area contributed by atoms with Crippen LogP contribution >= 0.6 is 11.3 Å². The van der Waals surface area contributed by atoms with E-state index < -0.39 is 0 Å². The second kappa shape index (κ2) is 6.48. The Morgan fingerprint density at radius 1 is 1.17 bits per heavy atom. The van der Waals surface area contributed by atoms with Crippen LogP contribution in [0.25, 0.3) is 0 Å². The van der Waals surface area contributed by atoms with Crippen molar-refractivity contribution in [2.24, 2.45) is 0 Å². The molecule has 0 aliphatic heterocycles. The lowest BCUT2D eigenvalue weighted by Crippen LogP contribution is -2.09. The Bertz CT molecular complexity index is 845. The lowest BCUT2D eigenvalue weighted by Gasteiger charge is -2.08. The average Bonchev–Trinajstić information content (AvgIpc) is 3.23. The van der Waals surface area contributed by atoms with E-state index in [0.29, 0.717) is 5.92 Å². The van der Waals surface area contributed by atoms with Gasteiger partial charge in [0.15, 0.2) is 5.82 Å². The molecule has 1 aromatic carbocycles.